The van der Waals surface area contributed by atoms with Crippen molar-refractivity contribution in [1.29, 1.82) is 0 Å². The maximum absolute atomic E-state index is 13.1. The summed E-state index contributed by atoms with van der Waals surface area (Å²) in [5.41, 5.74) is 3.61. The number of rotatable bonds is 8. The Balaban J connectivity index is 0.000000184. The maximum atomic E-state index is 13.1. The molecule has 2 N–H and O–H groups in total. The Morgan fingerprint density at radius 2 is 0.782 bits per heavy atom. The average Bonchev–Trinajstić information content (AvgIpc) is 3.21. The van der Waals surface area contributed by atoms with E-state index in [2.05, 4.69) is 69.0 Å². The predicted molar refractivity (Wildman–Crippen MR) is 220 cm³/mol. The van der Waals surface area contributed by atoms with Crippen molar-refractivity contribution in [3.8, 4) is 0 Å². The fourth-order valence-electron chi connectivity index (χ4n) is 9.57. The predicted octanol–water partition coefficient (Wildman–Crippen LogP) is 6.66. The van der Waals surface area contributed by atoms with E-state index < -0.39 is 10.8 Å². The van der Waals surface area contributed by atoms with E-state index in [1.54, 1.807) is 0 Å². The minimum Gasteiger partial charge on any atom is -0.299 e. The molecule has 4 fully saturated rings. The maximum Gasteiger partial charge on any atom is 0.237 e. The number of carbonyl (C=O) groups excluding carboxylic acids is 4. The van der Waals surface area contributed by atoms with Crippen LogP contribution in [0, 0.1) is 11.8 Å². The monoisotopic (exact) mass is 758 g/mol. The molecule has 4 saturated heterocycles. The number of nitrogens with one attached hydrogen (secondary N) is 2. The van der Waals surface area contributed by atoms with Crippen molar-refractivity contribution in [1.82, 2.24) is 20.4 Å². The van der Waals surface area contributed by atoms with E-state index in [-0.39, 0.29) is 49.0 Å². The van der Waals surface area contributed by atoms with Crippen LogP contribution in [0.25, 0.3) is 0 Å². The Kier molecular flexibility index (Phi) is 13.4. The molecule has 0 aromatic heterocycles. The third-order valence-corrected chi connectivity index (χ3v) is 12.5. The molecule has 4 amide bonds. The van der Waals surface area contributed by atoms with Gasteiger partial charge in [0, 0.05) is 25.9 Å². The SMILES string of the molecule is O=C1CCC(c2ccccc2)(C2CCN(Cc3ccccc3)CC2)C(=O)N1.O=C1CCC(c2ccccc2)(C2CCN(Cc3ccccc3)CC2)C(=O)N1.S. The van der Waals surface area contributed by atoms with Gasteiger partial charge in [0.05, 0.1) is 10.8 Å². The van der Waals surface area contributed by atoms with Crippen molar-refractivity contribution >= 4 is 37.1 Å². The van der Waals surface area contributed by atoms with E-state index in [1.807, 2.05) is 72.8 Å². The molecule has 8 nitrogen and oxygen atoms in total. The molecule has 55 heavy (non-hydrogen) atoms. The average molecular weight is 759 g/mol. The van der Waals surface area contributed by atoms with Crippen LogP contribution in [0.1, 0.15) is 73.6 Å². The van der Waals surface area contributed by atoms with Crippen LogP contribution in [0.3, 0.4) is 0 Å². The third kappa shape index (κ3) is 8.96. The van der Waals surface area contributed by atoms with Crippen molar-refractivity contribution in [3.63, 3.8) is 0 Å². The normalized spacial score (nSPS) is 24.1. The van der Waals surface area contributed by atoms with Crippen LogP contribution in [-0.2, 0) is 43.1 Å². The number of hydrogen-bond acceptors (Lipinski definition) is 6. The minimum absolute atomic E-state index is 0. The van der Waals surface area contributed by atoms with Gasteiger partial charge in [-0.25, -0.2) is 0 Å². The van der Waals surface area contributed by atoms with E-state index in [0.29, 0.717) is 25.7 Å². The molecule has 8 rings (SSSR count). The van der Waals surface area contributed by atoms with Gasteiger partial charge in [-0.2, -0.15) is 13.5 Å². The fraction of sp³-hybridized carbons (Fsp3) is 0.391. The second-order valence-corrected chi connectivity index (χ2v) is 15.5. The van der Waals surface area contributed by atoms with Crippen LogP contribution in [0.2, 0.25) is 0 Å². The second kappa shape index (κ2) is 18.4. The van der Waals surface area contributed by atoms with Gasteiger partial charge >= 0.3 is 0 Å². The Morgan fingerprint density at radius 1 is 0.473 bits per heavy atom. The summed E-state index contributed by atoms with van der Waals surface area (Å²) in [6.45, 7) is 5.84. The highest BCUT2D eigenvalue weighted by Gasteiger charge is 2.51. The summed E-state index contributed by atoms with van der Waals surface area (Å²) in [4.78, 5) is 54.6. The lowest BCUT2D eigenvalue weighted by atomic mass is 9.62. The molecule has 4 aliphatic heterocycles. The van der Waals surface area contributed by atoms with E-state index in [4.69, 9.17) is 0 Å². The first kappa shape index (κ1) is 40.1. The lowest BCUT2D eigenvalue weighted by molar-refractivity contribution is -0.142. The number of benzene rings is 4. The van der Waals surface area contributed by atoms with Crippen molar-refractivity contribution in [3.05, 3.63) is 144 Å². The summed E-state index contributed by atoms with van der Waals surface area (Å²) in [6, 6.07) is 41.2. The summed E-state index contributed by atoms with van der Waals surface area (Å²) in [6.07, 6.45) is 5.98. The van der Waals surface area contributed by atoms with Gasteiger partial charge in [-0.15, -0.1) is 0 Å². The quantitative estimate of drug-likeness (QED) is 0.195. The molecule has 9 heteroatoms. The summed E-state index contributed by atoms with van der Waals surface area (Å²) in [5.74, 6) is 0.0269. The van der Waals surface area contributed by atoms with Crippen molar-refractivity contribution < 1.29 is 19.2 Å². The summed E-state index contributed by atoms with van der Waals surface area (Å²) < 4.78 is 0. The van der Waals surface area contributed by atoms with Gasteiger partial charge in [0.2, 0.25) is 23.6 Å². The molecule has 288 valence electrons. The zero-order valence-electron chi connectivity index (χ0n) is 31.6. The zero-order valence-corrected chi connectivity index (χ0v) is 32.6. The van der Waals surface area contributed by atoms with Crippen LogP contribution in [0.4, 0.5) is 0 Å². The van der Waals surface area contributed by atoms with Crippen LogP contribution in [-0.4, -0.2) is 59.6 Å². The Bertz CT molecular complexity index is 1740. The molecule has 2 unspecified atom stereocenters. The van der Waals surface area contributed by atoms with E-state index in [0.717, 1.165) is 76.1 Å². The molecule has 0 aliphatic carbocycles. The molecule has 4 heterocycles. The van der Waals surface area contributed by atoms with Gasteiger partial charge in [-0.3, -0.25) is 39.6 Å². The molecule has 0 spiro atoms. The molecular weight excluding hydrogens is 705 g/mol. The standard InChI is InChI=1S/2C23H26N2O2.H2S/c2*26-21-11-14-23(22(27)24-21,19-9-5-2-6-10-19)20-12-15-25(16-13-20)17-18-7-3-1-4-8-18;/h2*1-10,20H,11-17H2,(H,24,26,27);1H2. The van der Waals surface area contributed by atoms with Gasteiger partial charge < -0.3 is 0 Å². The van der Waals surface area contributed by atoms with Crippen molar-refractivity contribution in [2.24, 2.45) is 11.8 Å². The first-order valence-corrected chi connectivity index (χ1v) is 19.7. The lowest BCUT2D eigenvalue weighted by Crippen LogP contribution is -2.57. The third-order valence-electron chi connectivity index (χ3n) is 12.5. The molecule has 0 bridgehead atoms. The highest BCUT2D eigenvalue weighted by molar-refractivity contribution is 7.59. The minimum atomic E-state index is -0.575. The highest BCUT2D eigenvalue weighted by Crippen LogP contribution is 2.45. The molecule has 0 saturated carbocycles. The summed E-state index contributed by atoms with van der Waals surface area (Å²) in [5, 5.41) is 5.25. The number of likely N-dealkylation sites (tertiary alicyclic amines) is 2. The molecule has 4 aromatic carbocycles. The molecule has 4 aliphatic rings. The van der Waals surface area contributed by atoms with Crippen LogP contribution >= 0.6 is 13.5 Å². The smallest absolute Gasteiger partial charge is 0.237 e. The summed E-state index contributed by atoms with van der Waals surface area (Å²) >= 11 is 0. The molecular formula is C46H54N4O4S. The summed E-state index contributed by atoms with van der Waals surface area (Å²) in [7, 11) is 0. The Morgan fingerprint density at radius 3 is 1.09 bits per heavy atom. The van der Waals surface area contributed by atoms with E-state index in [9.17, 15) is 19.2 Å². The first-order chi connectivity index (χ1) is 26.4. The molecule has 2 atom stereocenters. The first-order valence-electron chi connectivity index (χ1n) is 19.7. The Labute approximate surface area is 332 Å². The van der Waals surface area contributed by atoms with Crippen LogP contribution in [0.15, 0.2) is 121 Å². The van der Waals surface area contributed by atoms with Gasteiger partial charge in [-0.05, 0) is 98.8 Å². The largest absolute Gasteiger partial charge is 0.299 e. The fourth-order valence-corrected chi connectivity index (χ4v) is 9.57. The zero-order chi connectivity index (χ0) is 37.4. The molecule has 4 aromatic rings. The topological polar surface area (TPSA) is 98.8 Å². The highest BCUT2D eigenvalue weighted by atomic mass is 32.1. The van der Waals surface area contributed by atoms with Gasteiger partial charge in [0.25, 0.3) is 0 Å². The Hall–Kier alpha value is -4.57. The van der Waals surface area contributed by atoms with Crippen LogP contribution in [0.5, 0.6) is 0 Å². The lowest BCUT2D eigenvalue weighted by Gasteiger charge is -2.45. The van der Waals surface area contributed by atoms with Gasteiger partial charge in [0.1, 0.15) is 0 Å². The van der Waals surface area contributed by atoms with E-state index in [1.165, 1.54) is 11.1 Å². The van der Waals surface area contributed by atoms with Gasteiger partial charge in [0.15, 0.2) is 0 Å². The number of nitrogens with zero attached hydrogens (tertiary/aromatic N) is 2. The number of amides is 4. The molecule has 0 radical (unpaired) electrons. The second-order valence-electron chi connectivity index (χ2n) is 15.5. The number of piperidine rings is 4. The van der Waals surface area contributed by atoms with E-state index >= 15 is 0 Å². The van der Waals surface area contributed by atoms with Crippen LogP contribution < -0.4 is 10.6 Å². The van der Waals surface area contributed by atoms with Crippen molar-refractivity contribution in [2.45, 2.75) is 75.3 Å². The number of carbonyl (C=O) groups is 4. The number of hydrogen-bond donors (Lipinski definition) is 2. The number of imide groups is 2. The van der Waals surface area contributed by atoms with Crippen molar-refractivity contribution in [2.75, 3.05) is 26.2 Å². The van der Waals surface area contributed by atoms with Gasteiger partial charge in [-0.1, -0.05) is 121 Å².